The lowest BCUT2D eigenvalue weighted by atomic mass is 9.62. The van der Waals surface area contributed by atoms with Crippen LogP contribution in [-0.2, 0) is 0 Å². The quantitative estimate of drug-likeness (QED) is 0.308. The third-order valence-electron chi connectivity index (χ3n) is 3.14. The van der Waals surface area contributed by atoms with E-state index in [4.69, 9.17) is 0 Å². The number of hydrogen-bond acceptors (Lipinski definition) is 1. The normalized spacial score (nSPS) is 10.2. The van der Waals surface area contributed by atoms with Gasteiger partial charge in [0, 0.05) is 0 Å². The predicted octanol–water partition coefficient (Wildman–Crippen LogP) is -6.30. The lowest BCUT2D eigenvalue weighted by Crippen LogP contribution is -2.55. The Morgan fingerprint density at radius 2 is 1.00 bits per heavy atom. The highest BCUT2D eigenvalue weighted by atomic mass is 32.2. The second kappa shape index (κ2) is 3.95. The van der Waals surface area contributed by atoms with Gasteiger partial charge in [-0.1, -0.05) is 10.9 Å². The fraction of sp³-hybridized carbons (Fsp3) is 0.143. The molecule has 0 aliphatic carbocycles. The molecule has 1 aromatic carbocycles. The molecule has 1 rings (SSSR count). The van der Waals surface area contributed by atoms with E-state index < -0.39 is 0 Å². The minimum absolute atomic E-state index is 1.45. The van der Waals surface area contributed by atoms with E-state index in [0.29, 0.717) is 0 Å². The molecule has 0 bridgehead atoms. The van der Waals surface area contributed by atoms with Crippen LogP contribution < -0.4 is 27.3 Å². The zero-order valence-corrected chi connectivity index (χ0v) is 10.2. The van der Waals surface area contributed by atoms with Crippen LogP contribution in [0.1, 0.15) is 0 Å². The summed E-state index contributed by atoms with van der Waals surface area (Å²) in [7, 11) is 11.1. The van der Waals surface area contributed by atoms with E-state index in [0.717, 1.165) is 0 Å². The fourth-order valence-corrected chi connectivity index (χ4v) is 2.69. The number of hydrogen-bond donors (Lipinski definition) is 0. The van der Waals surface area contributed by atoms with Gasteiger partial charge in [-0.25, -0.2) is 0 Å². The summed E-state index contributed by atoms with van der Waals surface area (Å²) in [6, 6.07) is 0. The zero-order chi connectivity index (χ0) is 10.2. The van der Waals surface area contributed by atoms with Crippen molar-refractivity contribution in [2.75, 3.05) is 6.26 Å². The molecule has 1 aromatic rings. The second-order valence-corrected chi connectivity index (χ2v) is 4.47. The first-order chi connectivity index (χ1) is 6.00. The Morgan fingerprint density at radius 3 is 1.31 bits per heavy atom. The maximum absolute atomic E-state index is 2.22. The smallest absolute Gasteiger partial charge is 0.131 e. The lowest BCUT2D eigenvalue weighted by molar-refractivity contribution is 1.68. The summed E-state index contributed by atoms with van der Waals surface area (Å²) in [5.74, 6) is 0. The molecule has 0 atom stereocenters. The molecule has 0 aromatic heterocycles. The van der Waals surface area contributed by atoms with Crippen LogP contribution in [0.15, 0.2) is 4.90 Å². The van der Waals surface area contributed by atoms with Gasteiger partial charge in [-0.05, 0) is 11.2 Å². The van der Waals surface area contributed by atoms with Crippen molar-refractivity contribution in [3.8, 4) is 0 Å². The molecule has 0 heterocycles. The van der Waals surface area contributed by atoms with Crippen LogP contribution >= 0.6 is 11.8 Å². The fourth-order valence-electron chi connectivity index (χ4n) is 1.77. The molecule has 0 unspecified atom stereocenters. The van der Waals surface area contributed by atoms with Crippen molar-refractivity contribution in [3.05, 3.63) is 0 Å². The molecule has 0 saturated carbocycles. The molecular formula is C7H13B5S. The van der Waals surface area contributed by atoms with Crippen molar-refractivity contribution in [3.63, 3.8) is 0 Å². The van der Waals surface area contributed by atoms with Gasteiger partial charge >= 0.3 is 0 Å². The van der Waals surface area contributed by atoms with E-state index >= 15 is 0 Å². The maximum atomic E-state index is 2.22. The Morgan fingerprint density at radius 1 is 0.692 bits per heavy atom. The van der Waals surface area contributed by atoms with Crippen LogP contribution in [0, 0.1) is 0 Å². The van der Waals surface area contributed by atoms with Crippen molar-refractivity contribution >= 4 is 78.3 Å². The first-order valence-corrected chi connectivity index (χ1v) is 5.84. The number of rotatable bonds is 1. The summed E-state index contributed by atoms with van der Waals surface area (Å²) in [6.07, 6.45) is 2.16. The molecule has 0 aliphatic rings. The molecule has 0 nitrogen and oxygen atoms in total. The summed E-state index contributed by atoms with van der Waals surface area (Å²) >= 11 is 1.86. The summed E-state index contributed by atoms with van der Waals surface area (Å²) in [4.78, 5) is 1.46. The molecule has 0 radical (unpaired) electrons. The van der Waals surface area contributed by atoms with Gasteiger partial charge in [-0.3, -0.25) is 0 Å². The first-order valence-electron chi connectivity index (χ1n) is 4.61. The summed E-state index contributed by atoms with van der Waals surface area (Å²) in [5.41, 5.74) is 7.26. The minimum atomic E-state index is 1.45. The second-order valence-electron chi connectivity index (χ2n) is 3.66. The van der Waals surface area contributed by atoms with Crippen LogP contribution in [0.4, 0.5) is 0 Å². The third kappa shape index (κ3) is 1.74. The van der Waals surface area contributed by atoms with Gasteiger partial charge in [-0.15, -0.1) is 28.2 Å². The van der Waals surface area contributed by atoms with E-state index in [9.17, 15) is 0 Å². The zero-order valence-electron chi connectivity index (χ0n) is 9.41. The summed E-state index contributed by atoms with van der Waals surface area (Å²) < 4.78 is 0. The van der Waals surface area contributed by atoms with Gasteiger partial charge in [0.15, 0.2) is 0 Å². The van der Waals surface area contributed by atoms with E-state index in [1.807, 2.05) is 11.8 Å². The molecule has 0 amide bonds. The van der Waals surface area contributed by atoms with E-state index in [1.165, 1.54) is 32.2 Å². The van der Waals surface area contributed by atoms with Gasteiger partial charge < -0.3 is 0 Å². The summed E-state index contributed by atoms with van der Waals surface area (Å²) in [6.45, 7) is 0. The molecule has 0 fully saturated rings. The SMILES string of the molecule is Bc1c(B)c(B)c(SC)c(B)c1B. The monoisotopic (exact) mass is 184 g/mol. The third-order valence-corrected chi connectivity index (χ3v) is 4.16. The minimum Gasteiger partial charge on any atom is -0.131 e. The van der Waals surface area contributed by atoms with Gasteiger partial charge in [0.2, 0.25) is 0 Å². The molecule has 0 N–H and O–H groups in total. The predicted molar refractivity (Wildman–Crippen MR) is 79.1 cm³/mol. The van der Waals surface area contributed by atoms with Crippen molar-refractivity contribution < 1.29 is 0 Å². The average Bonchev–Trinajstić information content (AvgIpc) is 2.13. The highest BCUT2D eigenvalue weighted by Crippen LogP contribution is 2.04. The first kappa shape index (κ1) is 11.0. The lowest BCUT2D eigenvalue weighted by Gasteiger charge is -2.18. The Labute approximate surface area is 89.7 Å². The van der Waals surface area contributed by atoms with Gasteiger partial charge in [0.05, 0.1) is 0 Å². The maximum Gasteiger partial charge on any atom is 0.139 e. The highest BCUT2D eigenvalue weighted by molar-refractivity contribution is 7.99. The van der Waals surface area contributed by atoms with E-state index in [2.05, 4.69) is 45.5 Å². The number of thioether (sulfide) groups is 1. The standard InChI is InChI=1S/C7H13B5S/c1-13-7-5(11)3(9)2(8)4(10)6(7)12/h8-12H2,1H3. The van der Waals surface area contributed by atoms with E-state index in [-0.39, 0.29) is 0 Å². The number of benzene rings is 1. The van der Waals surface area contributed by atoms with Crippen LogP contribution in [0.2, 0.25) is 0 Å². The highest BCUT2D eigenvalue weighted by Gasteiger charge is 2.09. The molecule has 6 heteroatoms. The van der Waals surface area contributed by atoms with Gasteiger partial charge in [0.1, 0.15) is 39.2 Å². The topological polar surface area (TPSA) is 0 Å². The van der Waals surface area contributed by atoms with Crippen LogP contribution in [0.3, 0.4) is 0 Å². The molecule has 0 spiro atoms. The molecule has 0 saturated heterocycles. The van der Waals surface area contributed by atoms with Gasteiger partial charge in [0.25, 0.3) is 0 Å². The Balaban J connectivity index is 3.56. The van der Waals surface area contributed by atoms with E-state index in [1.54, 1.807) is 0 Å². The Kier molecular flexibility index (Phi) is 3.34. The van der Waals surface area contributed by atoms with Crippen LogP contribution in [0.5, 0.6) is 0 Å². The van der Waals surface area contributed by atoms with Crippen LogP contribution in [-0.4, -0.2) is 45.5 Å². The molecule has 0 aliphatic heterocycles. The molecular weight excluding hydrogens is 170 g/mol. The summed E-state index contributed by atoms with van der Waals surface area (Å²) in [5, 5.41) is 0. The van der Waals surface area contributed by atoms with Crippen molar-refractivity contribution in [1.29, 1.82) is 0 Å². The molecule has 62 valence electrons. The average molecular weight is 183 g/mol. The van der Waals surface area contributed by atoms with Crippen LogP contribution in [0.25, 0.3) is 0 Å². The largest absolute Gasteiger partial charge is 0.139 e. The van der Waals surface area contributed by atoms with Crippen molar-refractivity contribution in [2.24, 2.45) is 0 Å². The Hall–Kier alpha value is -0.105. The van der Waals surface area contributed by atoms with Crippen molar-refractivity contribution in [1.82, 2.24) is 0 Å². The molecule has 13 heavy (non-hydrogen) atoms. The van der Waals surface area contributed by atoms with Crippen molar-refractivity contribution in [2.45, 2.75) is 4.90 Å². The Bertz CT molecular complexity index is 320. The van der Waals surface area contributed by atoms with Gasteiger partial charge in [-0.2, -0.15) is 0 Å².